The standard InChI is InChI=1S/C25H29FN4O3/c1-13-8-19(31)16-10-15(20(32)11-21(16)33-13)17-9-14-6-7-30(23(14)28-27-17)18-12-24(2,3)29-25(4,5)22(18)26/h8-11,18,22,29,32H,6-7,12H2,1-5H3/t18-,22-/m0/s1. The average molecular weight is 453 g/mol. The molecule has 3 aromatic rings. The van der Waals surface area contributed by atoms with Crippen molar-refractivity contribution in [3.63, 3.8) is 0 Å². The number of hydrogen-bond acceptors (Lipinski definition) is 7. The maximum atomic E-state index is 15.5. The molecule has 0 radical (unpaired) electrons. The molecule has 1 saturated heterocycles. The van der Waals surface area contributed by atoms with Crippen molar-refractivity contribution in [1.82, 2.24) is 15.5 Å². The van der Waals surface area contributed by atoms with Gasteiger partial charge < -0.3 is 19.7 Å². The van der Waals surface area contributed by atoms with Crippen molar-refractivity contribution in [3.05, 3.63) is 45.8 Å². The van der Waals surface area contributed by atoms with E-state index in [0.29, 0.717) is 53.2 Å². The van der Waals surface area contributed by atoms with Gasteiger partial charge in [0.2, 0.25) is 0 Å². The maximum absolute atomic E-state index is 15.5. The minimum Gasteiger partial charge on any atom is -0.507 e. The number of halogens is 1. The van der Waals surface area contributed by atoms with Crippen LogP contribution in [0.1, 0.15) is 45.4 Å². The molecule has 1 fully saturated rings. The summed E-state index contributed by atoms with van der Waals surface area (Å²) >= 11 is 0. The van der Waals surface area contributed by atoms with Gasteiger partial charge in [0.1, 0.15) is 23.3 Å². The second-order valence-electron chi connectivity index (χ2n) is 10.5. The quantitative estimate of drug-likeness (QED) is 0.610. The zero-order valence-corrected chi connectivity index (χ0v) is 19.6. The highest BCUT2D eigenvalue weighted by atomic mass is 19.1. The van der Waals surface area contributed by atoms with Crippen LogP contribution in [-0.4, -0.2) is 45.1 Å². The second-order valence-corrected chi connectivity index (χ2v) is 10.5. The molecule has 2 aliphatic heterocycles. The predicted molar refractivity (Wildman–Crippen MR) is 126 cm³/mol. The summed E-state index contributed by atoms with van der Waals surface area (Å²) < 4.78 is 21.1. The Hall–Kier alpha value is -3.00. The van der Waals surface area contributed by atoms with Gasteiger partial charge in [0.05, 0.1) is 17.1 Å². The van der Waals surface area contributed by atoms with E-state index in [1.807, 2.05) is 24.8 Å². The van der Waals surface area contributed by atoms with Crippen molar-refractivity contribution in [2.75, 3.05) is 11.4 Å². The highest BCUT2D eigenvalue weighted by molar-refractivity contribution is 5.86. The van der Waals surface area contributed by atoms with Crippen LogP contribution in [0.5, 0.6) is 5.75 Å². The van der Waals surface area contributed by atoms with Crippen molar-refractivity contribution < 1.29 is 13.9 Å². The van der Waals surface area contributed by atoms with Gasteiger partial charge in [-0.15, -0.1) is 10.2 Å². The number of hydrogen-bond donors (Lipinski definition) is 2. The summed E-state index contributed by atoms with van der Waals surface area (Å²) in [5.74, 6) is 1.13. The van der Waals surface area contributed by atoms with E-state index < -0.39 is 11.7 Å². The van der Waals surface area contributed by atoms with E-state index >= 15 is 4.39 Å². The Balaban J connectivity index is 1.52. The van der Waals surface area contributed by atoms with Crippen LogP contribution in [0.15, 0.2) is 33.5 Å². The third kappa shape index (κ3) is 3.66. The third-order valence-electron chi connectivity index (χ3n) is 6.80. The van der Waals surface area contributed by atoms with Crippen LogP contribution >= 0.6 is 0 Å². The highest BCUT2D eigenvalue weighted by Gasteiger charge is 2.49. The molecule has 0 amide bonds. The largest absolute Gasteiger partial charge is 0.507 e. The SMILES string of the molecule is Cc1cc(=O)c2cc(-c3cc4c(nn3)N([C@H]3CC(C)(C)NC(C)(C)[C@H]3F)CC4)c(O)cc2o1. The molecule has 0 aliphatic carbocycles. The predicted octanol–water partition coefficient (Wildman–Crippen LogP) is 3.88. The Morgan fingerprint density at radius 2 is 1.94 bits per heavy atom. The summed E-state index contributed by atoms with van der Waals surface area (Å²) in [6, 6.07) is 6.02. The van der Waals surface area contributed by atoms with Gasteiger partial charge in [-0.25, -0.2) is 4.39 Å². The lowest BCUT2D eigenvalue weighted by Gasteiger charge is -2.51. The number of fused-ring (bicyclic) bond motifs is 2. The summed E-state index contributed by atoms with van der Waals surface area (Å²) in [5.41, 5.74) is 1.13. The van der Waals surface area contributed by atoms with Crippen LogP contribution in [0.25, 0.3) is 22.2 Å². The van der Waals surface area contributed by atoms with Crippen LogP contribution in [0, 0.1) is 6.92 Å². The van der Waals surface area contributed by atoms with Gasteiger partial charge in [0.25, 0.3) is 0 Å². The molecule has 0 bridgehead atoms. The lowest BCUT2D eigenvalue weighted by Crippen LogP contribution is -2.69. The van der Waals surface area contributed by atoms with Crippen molar-refractivity contribution >= 4 is 16.8 Å². The number of nitrogens with one attached hydrogen (secondary N) is 1. The first kappa shape index (κ1) is 21.8. The number of piperidine rings is 1. The first-order valence-electron chi connectivity index (χ1n) is 11.3. The molecular weight excluding hydrogens is 423 g/mol. The van der Waals surface area contributed by atoms with Gasteiger partial charge in [-0.3, -0.25) is 4.79 Å². The van der Waals surface area contributed by atoms with E-state index in [2.05, 4.69) is 29.4 Å². The van der Waals surface area contributed by atoms with Crippen LogP contribution in [0.2, 0.25) is 0 Å². The number of aromatic nitrogens is 2. The number of aromatic hydroxyl groups is 1. The number of anilines is 1. The summed E-state index contributed by atoms with van der Waals surface area (Å²) in [7, 11) is 0. The number of benzene rings is 1. The average Bonchev–Trinajstić information content (AvgIpc) is 3.12. The van der Waals surface area contributed by atoms with Gasteiger partial charge in [-0.05, 0) is 59.6 Å². The Morgan fingerprint density at radius 1 is 1.18 bits per heavy atom. The molecule has 174 valence electrons. The summed E-state index contributed by atoms with van der Waals surface area (Å²) in [5, 5.41) is 23.2. The van der Waals surface area contributed by atoms with Crippen molar-refractivity contribution in [3.8, 4) is 17.0 Å². The summed E-state index contributed by atoms with van der Waals surface area (Å²) in [4.78, 5) is 14.5. The topological polar surface area (TPSA) is 91.5 Å². The lowest BCUT2D eigenvalue weighted by molar-refractivity contribution is 0.0555. The zero-order valence-electron chi connectivity index (χ0n) is 19.6. The summed E-state index contributed by atoms with van der Waals surface area (Å²) in [6.45, 7) is 10.4. The van der Waals surface area contributed by atoms with E-state index in [9.17, 15) is 9.90 Å². The fourth-order valence-corrected chi connectivity index (χ4v) is 5.54. The molecule has 2 atom stereocenters. The lowest BCUT2D eigenvalue weighted by atomic mass is 9.77. The van der Waals surface area contributed by atoms with Crippen LogP contribution in [0.3, 0.4) is 0 Å². The van der Waals surface area contributed by atoms with Gasteiger partial charge in [0.15, 0.2) is 11.2 Å². The molecule has 7 nitrogen and oxygen atoms in total. The molecule has 2 N–H and O–H groups in total. The van der Waals surface area contributed by atoms with Crippen LogP contribution in [0.4, 0.5) is 10.2 Å². The Bertz CT molecular complexity index is 1320. The van der Waals surface area contributed by atoms with Crippen molar-refractivity contribution in [1.29, 1.82) is 0 Å². The van der Waals surface area contributed by atoms with Crippen LogP contribution in [-0.2, 0) is 6.42 Å². The zero-order chi connectivity index (χ0) is 23.7. The smallest absolute Gasteiger partial charge is 0.192 e. The molecule has 4 heterocycles. The first-order valence-corrected chi connectivity index (χ1v) is 11.3. The van der Waals surface area contributed by atoms with Gasteiger partial charge >= 0.3 is 0 Å². The Kier molecular flexibility index (Phi) is 4.79. The molecule has 33 heavy (non-hydrogen) atoms. The molecule has 0 saturated carbocycles. The molecule has 2 aliphatic rings. The molecule has 8 heteroatoms. The van der Waals surface area contributed by atoms with Crippen molar-refractivity contribution in [2.45, 2.75) is 70.8 Å². The molecule has 1 aromatic carbocycles. The van der Waals surface area contributed by atoms with Gasteiger partial charge in [-0.1, -0.05) is 0 Å². The van der Waals surface area contributed by atoms with E-state index in [1.165, 1.54) is 12.1 Å². The Morgan fingerprint density at radius 3 is 2.70 bits per heavy atom. The monoisotopic (exact) mass is 452 g/mol. The van der Waals surface area contributed by atoms with E-state index in [0.717, 1.165) is 5.56 Å². The van der Waals surface area contributed by atoms with Crippen LogP contribution < -0.4 is 15.6 Å². The highest BCUT2D eigenvalue weighted by Crippen LogP contribution is 2.40. The molecule has 0 unspecified atom stereocenters. The Labute approximate surface area is 191 Å². The molecular formula is C25H29FN4O3. The third-order valence-corrected chi connectivity index (χ3v) is 6.80. The number of nitrogens with zero attached hydrogens (tertiary/aromatic N) is 3. The van der Waals surface area contributed by atoms with E-state index in [-0.39, 0.29) is 22.8 Å². The van der Waals surface area contributed by atoms with Crippen molar-refractivity contribution in [2.24, 2.45) is 0 Å². The number of phenols is 1. The number of phenolic OH excluding ortho intramolecular Hbond substituents is 1. The van der Waals surface area contributed by atoms with E-state index in [4.69, 9.17) is 4.42 Å². The molecule has 2 aromatic heterocycles. The fourth-order valence-electron chi connectivity index (χ4n) is 5.54. The maximum Gasteiger partial charge on any atom is 0.192 e. The second kappa shape index (κ2) is 7.25. The van der Waals surface area contributed by atoms with Gasteiger partial charge in [-0.2, -0.15) is 0 Å². The number of rotatable bonds is 2. The minimum absolute atomic E-state index is 0.0361. The van der Waals surface area contributed by atoms with E-state index in [1.54, 1.807) is 13.0 Å². The number of aryl methyl sites for hydroxylation is 1. The first-order chi connectivity index (χ1) is 15.4. The normalized spacial score (nSPS) is 23.6. The van der Waals surface area contributed by atoms with Gasteiger partial charge in [0, 0.05) is 40.9 Å². The minimum atomic E-state index is -1.06. The number of alkyl halides is 1. The molecule has 0 spiro atoms. The summed E-state index contributed by atoms with van der Waals surface area (Å²) in [6.07, 6.45) is 0.303. The fraction of sp³-hybridized carbons (Fsp3) is 0.480. The molecule has 5 rings (SSSR count).